The van der Waals surface area contributed by atoms with Gasteiger partial charge < -0.3 is 9.84 Å². The van der Waals surface area contributed by atoms with E-state index in [9.17, 15) is 4.79 Å². The number of nitrogens with zero attached hydrogens (tertiary/aromatic N) is 1. The topological polar surface area (TPSA) is 49.8 Å². The average Bonchev–Trinajstić information content (AvgIpc) is 2.36. The molecule has 19 heavy (non-hydrogen) atoms. The van der Waals surface area contributed by atoms with Gasteiger partial charge in [-0.2, -0.15) is 0 Å². The third kappa shape index (κ3) is 6.07. The zero-order valence-corrected chi connectivity index (χ0v) is 12.9. The Morgan fingerprint density at radius 1 is 1.53 bits per heavy atom. The number of hydrogen-bond acceptors (Lipinski definition) is 3. The Morgan fingerprint density at radius 3 is 2.84 bits per heavy atom. The van der Waals surface area contributed by atoms with Crippen LogP contribution in [0, 0.1) is 0 Å². The molecule has 1 rings (SSSR count). The van der Waals surface area contributed by atoms with E-state index in [0.29, 0.717) is 13.2 Å². The summed E-state index contributed by atoms with van der Waals surface area (Å²) >= 11 is 3.38. The number of aliphatic carboxylic acids is 1. The molecule has 0 saturated heterocycles. The van der Waals surface area contributed by atoms with Crippen LogP contribution >= 0.6 is 15.9 Å². The van der Waals surface area contributed by atoms with E-state index in [4.69, 9.17) is 9.84 Å². The summed E-state index contributed by atoms with van der Waals surface area (Å²) in [6.07, 6.45) is 0.921. The number of carbonyl (C=O) groups is 1. The van der Waals surface area contributed by atoms with Crippen molar-refractivity contribution in [1.82, 2.24) is 4.90 Å². The lowest BCUT2D eigenvalue weighted by Gasteiger charge is -2.26. The fraction of sp³-hybridized carbons (Fsp3) is 0.500. The Bertz CT molecular complexity index is 411. The van der Waals surface area contributed by atoms with Crippen molar-refractivity contribution in [2.45, 2.75) is 26.3 Å². The largest absolute Gasteiger partial charge is 0.492 e. The van der Waals surface area contributed by atoms with Crippen LogP contribution in [0.4, 0.5) is 0 Å². The van der Waals surface area contributed by atoms with Crippen molar-refractivity contribution in [3.05, 3.63) is 28.7 Å². The summed E-state index contributed by atoms with van der Waals surface area (Å²) in [4.78, 5) is 12.7. The number of benzene rings is 1. The maximum absolute atomic E-state index is 10.8. The fourth-order valence-electron chi connectivity index (χ4n) is 1.72. The maximum Gasteiger partial charge on any atom is 0.317 e. The lowest BCUT2D eigenvalue weighted by atomic mass is 10.2. The van der Waals surface area contributed by atoms with E-state index < -0.39 is 5.97 Å². The van der Waals surface area contributed by atoms with Crippen LogP contribution in [0.3, 0.4) is 0 Å². The maximum atomic E-state index is 10.8. The van der Waals surface area contributed by atoms with Gasteiger partial charge in [0.2, 0.25) is 0 Å². The molecule has 0 aliphatic rings. The summed E-state index contributed by atoms with van der Waals surface area (Å²) in [6.45, 7) is 5.22. The highest BCUT2D eigenvalue weighted by Gasteiger charge is 2.15. The van der Waals surface area contributed by atoms with Gasteiger partial charge in [-0.25, -0.2) is 0 Å². The van der Waals surface area contributed by atoms with Crippen molar-refractivity contribution in [3.8, 4) is 5.75 Å². The minimum atomic E-state index is -0.803. The Balaban J connectivity index is 2.45. The van der Waals surface area contributed by atoms with Crippen molar-refractivity contribution >= 4 is 21.9 Å². The summed E-state index contributed by atoms with van der Waals surface area (Å²) in [5, 5.41) is 8.89. The van der Waals surface area contributed by atoms with E-state index >= 15 is 0 Å². The number of ether oxygens (including phenoxy) is 1. The summed E-state index contributed by atoms with van der Waals surface area (Å²) < 4.78 is 6.60. The van der Waals surface area contributed by atoms with Gasteiger partial charge in [-0.05, 0) is 31.5 Å². The molecule has 0 aliphatic heterocycles. The standard InChI is InChI=1S/C14H20BrNO3/c1-3-11(2)16(10-14(17)18)7-8-19-13-6-4-5-12(15)9-13/h4-6,9,11H,3,7-8,10H2,1-2H3,(H,17,18). The first-order chi connectivity index (χ1) is 9.02. The highest BCUT2D eigenvalue weighted by atomic mass is 79.9. The normalized spacial score (nSPS) is 12.4. The molecule has 0 saturated carbocycles. The number of hydrogen-bond donors (Lipinski definition) is 1. The van der Waals surface area contributed by atoms with Gasteiger partial charge in [-0.15, -0.1) is 0 Å². The molecular weight excluding hydrogens is 310 g/mol. The Kier molecular flexibility index (Phi) is 6.87. The number of carboxylic acid groups (broad SMARTS) is 1. The smallest absolute Gasteiger partial charge is 0.317 e. The van der Waals surface area contributed by atoms with Crippen LogP contribution in [-0.4, -0.2) is 41.7 Å². The summed E-state index contributed by atoms with van der Waals surface area (Å²) in [7, 11) is 0. The first-order valence-electron chi connectivity index (χ1n) is 6.37. The van der Waals surface area contributed by atoms with Crippen LogP contribution in [0.5, 0.6) is 5.75 Å². The van der Waals surface area contributed by atoms with Crippen molar-refractivity contribution in [1.29, 1.82) is 0 Å². The van der Waals surface area contributed by atoms with Gasteiger partial charge in [0.1, 0.15) is 12.4 Å². The van der Waals surface area contributed by atoms with Gasteiger partial charge in [0, 0.05) is 17.1 Å². The molecule has 106 valence electrons. The van der Waals surface area contributed by atoms with Crippen molar-refractivity contribution in [3.63, 3.8) is 0 Å². The van der Waals surface area contributed by atoms with Crippen LogP contribution in [0.25, 0.3) is 0 Å². The van der Waals surface area contributed by atoms with Crippen LogP contribution in [0.15, 0.2) is 28.7 Å². The Morgan fingerprint density at radius 2 is 2.26 bits per heavy atom. The second-order valence-corrected chi connectivity index (χ2v) is 5.34. The molecule has 0 bridgehead atoms. The molecule has 1 N–H and O–H groups in total. The molecule has 0 aliphatic carbocycles. The molecule has 1 aromatic carbocycles. The second kappa shape index (κ2) is 8.17. The van der Waals surface area contributed by atoms with Crippen molar-refractivity contribution in [2.24, 2.45) is 0 Å². The quantitative estimate of drug-likeness (QED) is 0.796. The van der Waals surface area contributed by atoms with Gasteiger partial charge >= 0.3 is 5.97 Å². The summed E-state index contributed by atoms with van der Waals surface area (Å²) in [5.41, 5.74) is 0. The van der Waals surface area contributed by atoms with Crippen molar-refractivity contribution < 1.29 is 14.6 Å². The average molecular weight is 330 g/mol. The minimum absolute atomic E-state index is 0.0524. The fourth-order valence-corrected chi connectivity index (χ4v) is 2.10. The van der Waals surface area contributed by atoms with E-state index in [2.05, 4.69) is 22.9 Å². The van der Waals surface area contributed by atoms with E-state index in [1.54, 1.807) is 0 Å². The number of halogens is 1. The monoisotopic (exact) mass is 329 g/mol. The molecule has 1 atom stereocenters. The molecule has 0 amide bonds. The third-order valence-corrected chi connectivity index (χ3v) is 3.49. The lowest BCUT2D eigenvalue weighted by molar-refractivity contribution is -0.139. The van der Waals surface area contributed by atoms with Gasteiger partial charge in [0.05, 0.1) is 6.54 Å². The van der Waals surface area contributed by atoms with Gasteiger partial charge in [0.25, 0.3) is 0 Å². The zero-order chi connectivity index (χ0) is 14.3. The lowest BCUT2D eigenvalue weighted by Crippen LogP contribution is -2.39. The van der Waals surface area contributed by atoms with Crippen LogP contribution in [0.1, 0.15) is 20.3 Å². The van der Waals surface area contributed by atoms with E-state index in [0.717, 1.165) is 16.6 Å². The minimum Gasteiger partial charge on any atom is -0.492 e. The molecule has 0 aromatic heterocycles. The summed E-state index contributed by atoms with van der Waals surface area (Å²) in [5.74, 6) is -0.0171. The second-order valence-electron chi connectivity index (χ2n) is 4.43. The van der Waals surface area contributed by atoms with Crippen LogP contribution in [0.2, 0.25) is 0 Å². The SMILES string of the molecule is CCC(C)N(CCOc1cccc(Br)c1)CC(=O)O. The van der Waals surface area contributed by atoms with E-state index in [-0.39, 0.29) is 12.6 Å². The highest BCUT2D eigenvalue weighted by Crippen LogP contribution is 2.17. The highest BCUT2D eigenvalue weighted by molar-refractivity contribution is 9.10. The molecule has 0 heterocycles. The number of carboxylic acids is 1. The molecule has 0 fully saturated rings. The first kappa shape index (κ1) is 16.0. The molecule has 0 spiro atoms. The molecule has 4 nitrogen and oxygen atoms in total. The van der Waals surface area contributed by atoms with E-state index in [1.807, 2.05) is 36.1 Å². The molecule has 5 heteroatoms. The molecule has 0 radical (unpaired) electrons. The van der Waals surface area contributed by atoms with Crippen LogP contribution < -0.4 is 4.74 Å². The Labute approximate surface area is 122 Å². The molecular formula is C14H20BrNO3. The number of rotatable bonds is 8. The molecule has 1 unspecified atom stereocenters. The first-order valence-corrected chi connectivity index (χ1v) is 7.16. The summed E-state index contributed by atoms with van der Waals surface area (Å²) in [6, 6.07) is 7.86. The van der Waals surface area contributed by atoms with Gasteiger partial charge in [-0.3, -0.25) is 9.69 Å². The van der Waals surface area contributed by atoms with Crippen molar-refractivity contribution in [2.75, 3.05) is 19.7 Å². The van der Waals surface area contributed by atoms with E-state index in [1.165, 1.54) is 0 Å². The van der Waals surface area contributed by atoms with Crippen LogP contribution in [-0.2, 0) is 4.79 Å². The zero-order valence-electron chi connectivity index (χ0n) is 11.3. The predicted molar refractivity (Wildman–Crippen MR) is 78.6 cm³/mol. The van der Waals surface area contributed by atoms with Gasteiger partial charge in [-0.1, -0.05) is 28.9 Å². The Hall–Kier alpha value is -1.07. The third-order valence-electron chi connectivity index (χ3n) is 3.00. The predicted octanol–water partition coefficient (Wildman–Crippen LogP) is 3.01. The van der Waals surface area contributed by atoms with Gasteiger partial charge in [0.15, 0.2) is 0 Å². The molecule has 1 aromatic rings.